The standard InChI is InChI=1S/C39H45N2.ClHO4/c1-7-9-26-40-32-24-22-28-16-11-13-18-30(28)36(32)38(3,4)34(40)20-15-21-35-39(5,6)37-31-19-14-12-17-29(31)23-25-33(37)41(35)27-10-8-2;2-1(3,4)5/h11-25H,7-10,26-27H2,1-6H3;(H,2,3,4,5)/q+1;. The minimum absolute atomic E-state index is 0.0782. The second kappa shape index (κ2) is 13.3. The van der Waals surface area contributed by atoms with E-state index in [0.29, 0.717) is 0 Å². The van der Waals surface area contributed by atoms with Crippen LogP contribution in [-0.4, -0.2) is 28.0 Å². The van der Waals surface area contributed by atoms with Gasteiger partial charge in [-0.1, -0.05) is 101 Å². The van der Waals surface area contributed by atoms with Crippen LogP contribution in [0, 0.1) is 10.2 Å². The topological polar surface area (TPSA) is 95.7 Å². The highest BCUT2D eigenvalue weighted by molar-refractivity contribution is 6.07. The summed E-state index contributed by atoms with van der Waals surface area (Å²) in [5.41, 5.74) is 8.31. The first-order chi connectivity index (χ1) is 21.8. The van der Waals surface area contributed by atoms with Crippen molar-refractivity contribution in [1.29, 1.82) is 0 Å². The fourth-order valence-corrected chi connectivity index (χ4v) is 7.42. The van der Waals surface area contributed by atoms with Crippen molar-refractivity contribution in [3.8, 4) is 0 Å². The van der Waals surface area contributed by atoms with Gasteiger partial charge >= 0.3 is 0 Å². The molecule has 0 spiro atoms. The van der Waals surface area contributed by atoms with E-state index in [-0.39, 0.29) is 10.8 Å². The number of hydrogen-bond acceptors (Lipinski definition) is 5. The third-order valence-electron chi connectivity index (χ3n) is 9.49. The van der Waals surface area contributed by atoms with Gasteiger partial charge in [-0.3, -0.25) is 0 Å². The Hall–Kier alpha value is -3.52. The molecule has 46 heavy (non-hydrogen) atoms. The predicted molar refractivity (Wildman–Crippen MR) is 180 cm³/mol. The number of anilines is 1. The average molecular weight is 642 g/mol. The minimum atomic E-state index is -4.69. The first kappa shape index (κ1) is 33.8. The second-order valence-electron chi connectivity index (χ2n) is 13.3. The van der Waals surface area contributed by atoms with Crippen LogP contribution < -0.4 is 18.9 Å². The van der Waals surface area contributed by atoms with Crippen LogP contribution in [0.3, 0.4) is 0 Å². The molecule has 242 valence electrons. The van der Waals surface area contributed by atoms with Crippen LogP contribution in [0.5, 0.6) is 0 Å². The van der Waals surface area contributed by atoms with E-state index >= 15 is 0 Å². The molecule has 0 unspecified atom stereocenters. The molecule has 2 aliphatic rings. The maximum Gasteiger partial charge on any atom is 0.210 e. The van der Waals surface area contributed by atoms with Gasteiger partial charge in [-0.05, 0) is 65.6 Å². The smallest absolute Gasteiger partial charge is 0.210 e. The molecule has 2 aliphatic heterocycles. The maximum absolute atomic E-state index is 8.60. The van der Waals surface area contributed by atoms with Crippen molar-refractivity contribution in [3.63, 3.8) is 0 Å². The van der Waals surface area contributed by atoms with E-state index in [2.05, 4.69) is 142 Å². The SMILES string of the molecule is CCCCN1/C(=C/C=C/C2=[N+](CCCC)c3ccc4ccccc4c3C2(C)C)C(C)(C)c2c1ccc1ccccc21.[O-][Cl+3]([O-])([O-])O. The molecule has 7 heteroatoms. The van der Waals surface area contributed by atoms with Gasteiger partial charge in [0.05, 0.1) is 20.3 Å². The maximum atomic E-state index is 8.60. The Morgan fingerprint density at radius 3 is 1.93 bits per heavy atom. The zero-order valence-electron chi connectivity index (χ0n) is 27.8. The Morgan fingerprint density at radius 2 is 1.33 bits per heavy atom. The summed E-state index contributed by atoms with van der Waals surface area (Å²) in [5, 5.41) is 5.41. The summed E-state index contributed by atoms with van der Waals surface area (Å²) in [6.45, 7) is 16.3. The summed E-state index contributed by atoms with van der Waals surface area (Å²) in [5.74, 6) is 0. The van der Waals surface area contributed by atoms with Gasteiger partial charge in [-0.15, -0.1) is 0 Å². The number of rotatable bonds is 8. The number of halogens is 1. The van der Waals surface area contributed by atoms with Crippen molar-refractivity contribution in [2.45, 2.75) is 78.1 Å². The largest absolute Gasteiger partial charge is 0.344 e. The number of unbranched alkanes of at least 4 members (excludes halogenated alkanes) is 2. The van der Waals surface area contributed by atoms with Gasteiger partial charge in [0.1, 0.15) is 6.54 Å². The molecule has 0 aromatic heterocycles. The van der Waals surface area contributed by atoms with Gasteiger partial charge in [-0.2, -0.15) is 18.6 Å². The van der Waals surface area contributed by atoms with Gasteiger partial charge < -0.3 is 4.90 Å². The van der Waals surface area contributed by atoms with E-state index < -0.39 is 10.2 Å². The number of fused-ring (bicyclic) bond motifs is 6. The Kier molecular flexibility index (Phi) is 9.78. The van der Waals surface area contributed by atoms with Crippen molar-refractivity contribution in [1.82, 2.24) is 0 Å². The first-order valence-corrected chi connectivity index (χ1v) is 17.6. The van der Waals surface area contributed by atoms with E-state index in [0.717, 1.165) is 13.1 Å². The fraction of sp³-hybridized carbons (Fsp3) is 0.359. The molecule has 0 bridgehead atoms. The van der Waals surface area contributed by atoms with Crippen LogP contribution >= 0.6 is 0 Å². The monoisotopic (exact) mass is 641 g/mol. The van der Waals surface area contributed by atoms with Gasteiger partial charge in [0.15, 0.2) is 5.71 Å². The number of benzene rings is 4. The van der Waals surface area contributed by atoms with E-state index in [9.17, 15) is 0 Å². The highest BCUT2D eigenvalue weighted by Crippen LogP contribution is 2.51. The molecule has 4 aromatic rings. The van der Waals surface area contributed by atoms with E-state index in [1.54, 1.807) is 0 Å². The highest BCUT2D eigenvalue weighted by atomic mass is 35.7. The van der Waals surface area contributed by atoms with Crippen molar-refractivity contribution in [3.05, 3.63) is 108 Å². The molecule has 4 aromatic carbocycles. The average Bonchev–Trinajstić information content (AvgIpc) is 3.36. The summed E-state index contributed by atoms with van der Waals surface area (Å²) in [6.07, 6.45) is 11.9. The van der Waals surface area contributed by atoms with Crippen LogP contribution in [0.25, 0.3) is 21.5 Å². The normalized spacial score (nSPS) is 17.6. The predicted octanol–water partition coefficient (Wildman–Crippen LogP) is 6.08. The summed E-state index contributed by atoms with van der Waals surface area (Å²) in [7, 11) is -4.69. The van der Waals surface area contributed by atoms with Crippen LogP contribution in [0.2, 0.25) is 0 Å². The van der Waals surface area contributed by atoms with Crippen LogP contribution in [-0.2, 0) is 10.8 Å². The molecule has 2 heterocycles. The molecule has 0 aliphatic carbocycles. The van der Waals surface area contributed by atoms with Crippen LogP contribution in [0.1, 0.15) is 78.4 Å². The quantitative estimate of drug-likeness (QED) is 0.235. The minimum Gasteiger partial charge on any atom is -0.344 e. The molecule has 6 nitrogen and oxygen atoms in total. The third-order valence-corrected chi connectivity index (χ3v) is 9.49. The van der Waals surface area contributed by atoms with Crippen LogP contribution in [0.4, 0.5) is 11.4 Å². The van der Waals surface area contributed by atoms with Gasteiger partial charge in [0.25, 0.3) is 0 Å². The fourth-order valence-electron chi connectivity index (χ4n) is 7.42. The molecule has 0 saturated carbocycles. The highest BCUT2D eigenvalue weighted by Gasteiger charge is 2.45. The molecule has 0 fully saturated rings. The number of nitrogens with zero attached hydrogens (tertiary/aromatic N) is 2. The summed E-state index contributed by atoms with van der Waals surface area (Å²) in [4.78, 5) is 2.59. The zero-order valence-corrected chi connectivity index (χ0v) is 28.6. The lowest BCUT2D eigenvalue weighted by Gasteiger charge is -2.27. The summed E-state index contributed by atoms with van der Waals surface area (Å²) >= 11 is 0. The Labute approximate surface area is 275 Å². The summed E-state index contributed by atoms with van der Waals surface area (Å²) in [6, 6.07) is 27.1. The van der Waals surface area contributed by atoms with E-state index in [4.69, 9.17) is 18.6 Å². The Balaban J connectivity index is 0.000000775. The van der Waals surface area contributed by atoms with Crippen molar-refractivity contribution >= 4 is 38.6 Å². The lowest BCUT2D eigenvalue weighted by Crippen LogP contribution is -2.58. The zero-order chi connectivity index (χ0) is 33.3. The molecule has 6 rings (SSSR count). The molecule has 0 saturated heterocycles. The van der Waals surface area contributed by atoms with Gasteiger partial charge in [-0.25, -0.2) is 0 Å². The molecular formula is C39H46ClN2O4+. The molecule has 0 atom stereocenters. The van der Waals surface area contributed by atoms with E-state index in [1.807, 2.05) is 0 Å². The van der Waals surface area contributed by atoms with E-state index in [1.165, 1.54) is 81.1 Å². The van der Waals surface area contributed by atoms with Crippen molar-refractivity contribution in [2.75, 3.05) is 18.0 Å². The third kappa shape index (κ3) is 6.51. The van der Waals surface area contributed by atoms with Crippen molar-refractivity contribution in [2.24, 2.45) is 0 Å². The van der Waals surface area contributed by atoms with Gasteiger partial charge in [0, 0.05) is 47.5 Å². The van der Waals surface area contributed by atoms with Crippen LogP contribution in [0.15, 0.2) is 96.7 Å². The Bertz CT molecular complexity index is 1830. The second-order valence-corrected chi connectivity index (χ2v) is 14.1. The number of allylic oxidation sites excluding steroid dienone is 4. The molecular weight excluding hydrogens is 596 g/mol. The lowest BCUT2D eigenvalue weighted by molar-refractivity contribution is -1.92. The lowest BCUT2D eigenvalue weighted by atomic mass is 9.79. The molecule has 0 radical (unpaired) electrons. The van der Waals surface area contributed by atoms with Gasteiger partial charge in [0.2, 0.25) is 5.69 Å². The first-order valence-electron chi connectivity index (χ1n) is 16.3. The summed E-state index contributed by atoms with van der Waals surface area (Å²) < 4.78 is 35.3. The molecule has 0 amide bonds. The Morgan fingerprint density at radius 1 is 0.761 bits per heavy atom. The molecule has 1 N–H and O–H groups in total. The van der Waals surface area contributed by atoms with Crippen molar-refractivity contribution < 1.29 is 33.5 Å². The number of hydrogen-bond donors (Lipinski definition) is 1.